The second kappa shape index (κ2) is 5.95. The summed E-state index contributed by atoms with van der Waals surface area (Å²) in [6.07, 6.45) is 5.02. The monoisotopic (exact) mass is 261 g/mol. The molecule has 0 atom stereocenters. The van der Waals surface area contributed by atoms with Crippen molar-refractivity contribution in [2.75, 3.05) is 24.2 Å². The fraction of sp³-hybridized carbons (Fsp3) is 0.533. The van der Waals surface area contributed by atoms with Crippen molar-refractivity contribution in [3.05, 3.63) is 23.8 Å². The highest BCUT2D eigenvalue weighted by Crippen LogP contribution is 2.32. The van der Waals surface area contributed by atoms with Gasteiger partial charge >= 0.3 is 0 Å². The first-order valence-electron chi connectivity index (χ1n) is 7.05. The lowest BCUT2D eigenvalue weighted by Crippen LogP contribution is -2.33. The minimum Gasteiger partial charge on any atom is -0.397 e. The summed E-state index contributed by atoms with van der Waals surface area (Å²) in [5.74, 6) is -0.0660. The van der Waals surface area contributed by atoms with Gasteiger partial charge in [0.25, 0.3) is 5.91 Å². The van der Waals surface area contributed by atoms with Gasteiger partial charge < -0.3 is 16.0 Å². The summed E-state index contributed by atoms with van der Waals surface area (Å²) in [6.45, 7) is 3.07. The average molecular weight is 261 g/mol. The molecule has 1 aromatic rings. The molecule has 1 aliphatic carbocycles. The molecule has 0 aliphatic heterocycles. The van der Waals surface area contributed by atoms with Crippen LogP contribution in [-0.4, -0.2) is 25.5 Å². The number of rotatable bonds is 4. The predicted octanol–water partition coefficient (Wildman–Crippen LogP) is 2.40. The lowest BCUT2D eigenvalue weighted by Gasteiger charge is -2.31. The Labute approximate surface area is 115 Å². The molecule has 19 heavy (non-hydrogen) atoms. The largest absolute Gasteiger partial charge is 0.397 e. The van der Waals surface area contributed by atoms with Crippen molar-refractivity contribution in [3.63, 3.8) is 0 Å². The first kappa shape index (κ1) is 13.7. The van der Waals surface area contributed by atoms with Crippen LogP contribution >= 0.6 is 0 Å². The predicted molar refractivity (Wildman–Crippen MR) is 79.5 cm³/mol. The molecule has 2 rings (SSSR count). The number of nitrogens with one attached hydrogen (secondary N) is 1. The maximum absolute atomic E-state index is 11.7. The van der Waals surface area contributed by atoms with Crippen molar-refractivity contribution in [2.45, 2.75) is 38.6 Å². The Bertz CT molecular complexity index is 453. The molecule has 1 aliphatic rings. The van der Waals surface area contributed by atoms with E-state index in [-0.39, 0.29) is 5.91 Å². The zero-order chi connectivity index (χ0) is 13.8. The van der Waals surface area contributed by atoms with E-state index >= 15 is 0 Å². The molecule has 1 aromatic carbocycles. The number of amides is 1. The molecule has 0 bridgehead atoms. The van der Waals surface area contributed by atoms with E-state index in [0.29, 0.717) is 11.6 Å². The first-order chi connectivity index (χ1) is 9.17. The Morgan fingerprint density at radius 1 is 1.42 bits per heavy atom. The van der Waals surface area contributed by atoms with Crippen LogP contribution in [0.1, 0.15) is 43.0 Å². The molecule has 1 saturated carbocycles. The van der Waals surface area contributed by atoms with E-state index < -0.39 is 0 Å². The molecule has 104 valence electrons. The average Bonchev–Trinajstić information content (AvgIpc) is 2.94. The van der Waals surface area contributed by atoms with Gasteiger partial charge in [-0.3, -0.25) is 4.79 Å². The minimum absolute atomic E-state index is 0.0660. The second-order valence-corrected chi connectivity index (χ2v) is 5.08. The van der Waals surface area contributed by atoms with Crippen molar-refractivity contribution >= 4 is 17.3 Å². The molecule has 0 saturated heterocycles. The minimum atomic E-state index is -0.0660. The fourth-order valence-corrected chi connectivity index (χ4v) is 2.92. The summed E-state index contributed by atoms with van der Waals surface area (Å²) in [5, 5.41) is 2.66. The van der Waals surface area contributed by atoms with Gasteiger partial charge in [0, 0.05) is 25.2 Å². The molecule has 4 heteroatoms. The quantitative estimate of drug-likeness (QED) is 0.818. The van der Waals surface area contributed by atoms with Crippen LogP contribution in [0.2, 0.25) is 0 Å². The number of carbonyl (C=O) groups excluding carboxylic acids is 1. The molecular weight excluding hydrogens is 238 g/mol. The van der Waals surface area contributed by atoms with Crippen LogP contribution < -0.4 is 16.0 Å². The summed E-state index contributed by atoms with van der Waals surface area (Å²) in [6, 6.07) is 6.08. The third kappa shape index (κ3) is 2.83. The summed E-state index contributed by atoms with van der Waals surface area (Å²) < 4.78 is 0. The van der Waals surface area contributed by atoms with Crippen LogP contribution in [0.5, 0.6) is 0 Å². The SMILES string of the molecule is CCN(c1cc(C(=O)NC)ccc1N)C1CCCC1. The summed E-state index contributed by atoms with van der Waals surface area (Å²) in [5.41, 5.74) is 8.52. The van der Waals surface area contributed by atoms with E-state index in [4.69, 9.17) is 5.73 Å². The number of anilines is 2. The maximum atomic E-state index is 11.7. The Hall–Kier alpha value is -1.71. The highest BCUT2D eigenvalue weighted by Gasteiger charge is 2.23. The molecule has 0 spiro atoms. The number of nitrogen functional groups attached to an aromatic ring is 1. The Kier molecular flexibility index (Phi) is 4.30. The van der Waals surface area contributed by atoms with E-state index in [0.717, 1.165) is 17.9 Å². The number of hydrogen-bond acceptors (Lipinski definition) is 3. The summed E-state index contributed by atoms with van der Waals surface area (Å²) in [4.78, 5) is 14.1. The lowest BCUT2D eigenvalue weighted by molar-refractivity contribution is 0.0963. The van der Waals surface area contributed by atoms with Crippen LogP contribution in [-0.2, 0) is 0 Å². The standard InChI is InChI=1S/C15H23N3O/c1-3-18(12-6-4-5-7-12)14-10-11(15(19)17-2)8-9-13(14)16/h8-10,12H,3-7,16H2,1-2H3,(H,17,19). The molecule has 3 N–H and O–H groups in total. The van der Waals surface area contributed by atoms with Crippen molar-refractivity contribution in [2.24, 2.45) is 0 Å². The van der Waals surface area contributed by atoms with Gasteiger partial charge in [-0.15, -0.1) is 0 Å². The Balaban J connectivity index is 2.32. The van der Waals surface area contributed by atoms with Gasteiger partial charge in [-0.25, -0.2) is 0 Å². The summed E-state index contributed by atoms with van der Waals surface area (Å²) in [7, 11) is 1.65. The number of hydrogen-bond donors (Lipinski definition) is 2. The van der Waals surface area contributed by atoms with Crippen LogP contribution in [0.4, 0.5) is 11.4 Å². The fourth-order valence-electron chi connectivity index (χ4n) is 2.92. The molecule has 4 nitrogen and oxygen atoms in total. The van der Waals surface area contributed by atoms with Crippen molar-refractivity contribution in [1.29, 1.82) is 0 Å². The van der Waals surface area contributed by atoms with Crippen LogP contribution in [0.25, 0.3) is 0 Å². The topological polar surface area (TPSA) is 58.4 Å². The molecule has 0 aromatic heterocycles. The summed E-state index contributed by atoms with van der Waals surface area (Å²) >= 11 is 0. The van der Waals surface area contributed by atoms with Crippen LogP contribution in [0.3, 0.4) is 0 Å². The normalized spacial score (nSPS) is 15.5. The highest BCUT2D eigenvalue weighted by molar-refractivity contribution is 5.96. The van der Waals surface area contributed by atoms with Crippen LogP contribution in [0, 0.1) is 0 Å². The van der Waals surface area contributed by atoms with Gasteiger partial charge in [0.05, 0.1) is 11.4 Å². The van der Waals surface area contributed by atoms with E-state index in [1.807, 2.05) is 12.1 Å². The molecule has 0 heterocycles. The van der Waals surface area contributed by atoms with Crippen molar-refractivity contribution < 1.29 is 4.79 Å². The van der Waals surface area contributed by atoms with Gasteiger partial charge in [-0.1, -0.05) is 12.8 Å². The van der Waals surface area contributed by atoms with Crippen LogP contribution in [0.15, 0.2) is 18.2 Å². The first-order valence-corrected chi connectivity index (χ1v) is 7.05. The molecule has 0 radical (unpaired) electrons. The number of benzene rings is 1. The maximum Gasteiger partial charge on any atom is 0.251 e. The Morgan fingerprint density at radius 2 is 2.11 bits per heavy atom. The zero-order valence-corrected chi connectivity index (χ0v) is 11.8. The van der Waals surface area contributed by atoms with E-state index in [9.17, 15) is 4.79 Å². The van der Waals surface area contributed by atoms with Gasteiger partial charge in [-0.05, 0) is 38.0 Å². The van der Waals surface area contributed by atoms with E-state index in [1.54, 1.807) is 13.1 Å². The van der Waals surface area contributed by atoms with Gasteiger partial charge in [0.2, 0.25) is 0 Å². The third-order valence-electron chi connectivity index (χ3n) is 3.94. The highest BCUT2D eigenvalue weighted by atomic mass is 16.1. The number of nitrogens with zero attached hydrogens (tertiary/aromatic N) is 1. The molecule has 1 amide bonds. The smallest absolute Gasteiger partial charge is 0.251 e. The third-order valence-corrected chi connectivity index (χ3v) is 3.94. The molecule has 0 unspecified atom stereocenters. The molecular formula is C15H23N3O. The van der Waals surface area contributed by atoms with E-state index in [2.05, 4.69) is 17.1 Å². The number of nitrogens with two attached hydrogens (primary N) is 1. The van der Waals surface area contributed by atoms with Gasteiger partial charge in [-0.2, -0.15) is 0 Å². The zero-order valence-electron chi connectivity index (χ0n) is 11.8. The van der Waals surface area contributed by atoms with Gasteiger partial charge in [0.15, 0.2) is 0 Å². The van der Waals surface area contributed by atoms with E-state index in [1.165, 1.54) is 25.7 Å². The van der Waals surface area contributed by atoms with Gasteiger partial charge in [0.1, 0.15) is 0 Å². The lowest BCUT2D eigenvalue weighted by atomic mass is 10.1. The second-order valence-electron chi connectivity index (χ2n) is 5.08. The van der Waals surface area contributed by atoms with Crippen molar-refractivity contribution in [3.8, 4) is 0 Å². The molecule has 1 fully saturated rings. The Morgan fingerprint density at radius 3 is 2.68 bits per heavy atom. The number of carbonyl (C=O) groups is 1. The van der Waals surface area contributed by atoms with Crippen molar-refractivity contribution in [1.82, 2.24) is 5.32 Å².